The van der Waals surface area contributed by atoms with Gasteiger partial charge in [-0.05, 0) is 32.4 Å². The number of aromatic nitrogens is 7. The van der Waals surface area contributed by atoms with Gasteiger partial charge < -0.3 is 19.4 Å². The minimum Gasteiger partial charge on any atom is -0.362 e. The van der Waals surface area contributed by atoms with E-state index in [1.807, 2.05) is 63.1 Å². The molecule has 0 spiro atoms. The summed E-state index contributed by atoms with van der Waals surface area (Å²) in [4.78, 5) is 25.4. The van der Waals surface area contributed by atoms with Gasteiger partial charge in [0.15, 0.2) is 11.5 Å². The average molecular weight is 462 g/mol. The van der Waals surface area contributed by atoms with Crippen LogP contribution in [0.5, 0.6) is 0 Å². The third-order valence-electron chi connectivity index (χ3n) is 5.85. The number of imidazole rings is 2. The molecule has 5 rings (SSSR count). The molecule has 0 radical (unpaired) electrons. The second kappa shape index (κ2) is 8.78. The van der Waals surface area contributed by atoms with Crippen LogP contribution in [0.15, 0.2) is 36.7 Å². The Kier molecular flexibility index (Phi) is 5.67. The highest BCUT2D eigenvalue weighted by molar-refractivity contribution is 7.18. The molecule has 0 amide bonds. The summed E-state index contributed by atoms with van der Waals surface area (Å²) in [5.74, 6) is 3.36. The fourth-order valence-corrected chi connectivity index (χ4v) is 4.78. The molecule has 170 valence electrons. The lowest BCUT2D eigenvalue weighted by Crippen LogP contribution is -2.23. The van der Waals surface area contributed by atoms with Crippen molar-refractivity contribution in [3.05, 3.63) is 53.3 Å². The molecule has 9 nitrogen and oxygen atoms in total. The normalized spacial score (nSPS) is 11.5. The third-order valence-corrected chi connectivity index (χ3v) is 6.88. The molecule has 5 aromatic rings. The highest BCUT2D eigenvalue weighted by atomic mass is 32.1. The first-order valence-electron chi connectivity index (χ1n) is 11.0. The lowest BCUT2D eigenvalue weighted by Gasteiger charge is -2.18. The summed E-state index contributed by atoms with van der Waals surface area (Å²) >= 11 is 1.70. The number of para-hydroxylation sites is 1. The smallest absolute Gasteiger partial charge is 0.229 e. The van der Waals surface area contributed by atoms with Crippen LogP contribution in [0.1, 0.15) is 23.1 Å². The summed E-state index contributed by atoms with van der Waals surface area (Å²) < 4.78 is 5.37. The molecule has 33 heavy (non-hydrogen) atoms. The van der Waals surface area contributed by atoms with Crippen molar-refractivity contribution in [1.82, 2.24) is 34.1 Å². The highest BCUT2D eigenvalue weighted by Gasteiger charge is 2.17. The maximum absolute atomic E-state index is 4.88. The van der Waals surface area contributed by atoms with Crippen molar-refractivity contribution in [2.24, 2.45) is 7.05 Å². The number of fused-ring (bicyclic) bond motifs is 2. The second-order valence-corrected chi connectivity index (χ2v) is 9.25. The van der Waals surface area contributed by atoms with E-state index in [0.717, 1.165) is 53.0 Å². The first-order chi connectivity index (χ1) is 16.0. The Labute approximate surface area is 196 Å². The summed E-state index contributed by atoms with van der Waals surface area (Å²) in [6.45, 7) is 6.33. The van der Waals surface area contributed by atoms with Crippen molar-refractivity contribution < 1.29 is 0 Å². The van der Waals surface area contributed by atoms with Crippen LogP contribution in [0.2, 0.25) is 0 Å². The van der Waals surface area contributed by atoms with Crippen LogP contribution in [0.4, 0.5) is 11.8 Å². The SMILES string of the molecule is Cc1nccn1CCCN(C)c1nc(NCc2nc3ccccc3s2)c2c(n1)nc(C)n2C. The van der Waals surface area contributed by atoms with E-state index in [4.69, 9.17) is 15.0 Å². The molecule has 0 aliphatic carbocycles. The third kappa shape index (κ3) is 4.25. The van der Waals surface area contributed by atoms with Gasteiger partial charge in [-0.1, -0.05) is 12.1 Å². The van der Waals surface area contributed by atoms with E-state index in [-0.39, 0.29) is 0 Å². The number of thiazole rings is 1. The van der Waals surface area contributed by atoms with Crippen molar-refractivity contribution in [3.8, 4) is 0 Å². The molecule has 0 atom stereocenters. The quantitative estimate of drug-likeness (QED) is 0.374. The zero-order valence-electron chi connectivity index (χ0n) is 19.3. The van der Waals surface area contributed by atoms with Gasteiger partial charge in [0, 0.05) is 39.6 Å². The van der Waals surface area contributed by atoms with Gasteiger partial charge in [-0.15, -0.1) is 11.3 Å². The zero-order chi connectivity index (χ0) is 22.9. The standard InChI is InChI=1S/C23H27N9S/c1-15-24-10-13-32(15)12-7-11-30(3)23-28-21(20-22(29-23)26-16(2)31(20)4)25-14-19-27-17-8-5-6-9-18(17)33-19/h5-6,8-10,13H,7,11-12,14H2,1-4H3,(H,25,28,29). The molecule has 1 N–H and O–H groups in total. The summed E-state index contributed by atoms with van der Waals surface area (Å²) in [6, 6.07) is 8.20. The number of aryl methyl sites for hydroxylation is 4. The van der Waals surface area contributed by atoms with Crippen LogP contribution >= 0.6 is 11.3 Å². The lowest BCUT2D eigenvalue weighted by atomic mass is 10.3. The summed E-state index contributed by atoms with van der Waals surface area (Å²) in [6.07, 6.45) is 4.81. The van der Waals surface area contributed by atoms with Crippen molar-refractivity contribution in [2.75, 3.05) is 23.8 Å². The maximum Gasteiger partial charge on any atom is 0.229 e. The van der Waals surface area contributed by atoms with E-state index in [2.05, 4.69) is 30.8 Å². The minimum atomic E-state index is 0.596. The first-order valence-corrected chi connectivity index (χ1v) is 11.8. The van der Waals surface area contributed by atoms with Gasteiger partial charge in [0.25, 0.3) is 0 Å². The molecule has 10 heteroatoms. The molecular weight excluding hydrogens is 434 g/mol. The van der Waals surface area contributed by atoms with Crippen LogP contribution in [0, 0.1) is 13.8 Å². The van der Waals surface area contributed by atoms with E-state index < -0.39 is 0 Å². The number of hydrogen-bond acceptors (Lipinski definition) is 8. The molecule has 0 saturated carbocycles. The Morgan fingerprint density at radius 1 is 1.06 bits per heavy atom. The van der Waals surface area contributed by atoms with Crippen LogP contribution < -0.4 is 10.2 Å². The Morgan fingerprint density at radius 3 is 2.70 bits per heavy atom. The highest BCUT2D eigenvalue weighted by Crippen LogP contribution is 2.26. The molecule has 4 aromatic heterocycles. The van der Waals surface area contributed by atoms with Crippen LogP contribution in [-0.4, -0.2) is 47.6 Å². The number of rotatable bonds is 8. The minimum absolute atomic E-state index is 0.596. The number of nitrogens with one attached hydrogen (secondary N) is 1. The number of anilines is 2. The monoisotopic (exact) mass is 461 g/mol. The number of hydrogen-bond donors (Lipinski definition) is 1. The fraction of sp³-hybridized carbons (Fsp3) is 0.348. The maximum atomic E-state index is 4.88. The van der Waals surface area contributed by atoms with Crippen molar-refractivity contribution in [2.45, 2.75) is 33.4 Å². The molecule has 0 fully saturated rings. The number of nitrogens with zero attached hydrogens (tertiary/aromatic N) is 8. The lowest BCUT2D eigenvalue weighted by molar-refractivity contribution is 0.619. The molecular formula is C23H27N9S. The molecule has 0 aliphatic rings. The van der Waals surface area contributed by atoms with Gasteiger partial charge in [0.2, 0.25) is 5.95 Å². The van der Waals surface area contributed by atoms with Gasteiger partial charge in [-0.2, -0.15) is 9.97 Å². The molecule has 1 aromatic carbocycles. The Hall–Kier alpha value is -3.53. The molecule has 0 bridgehead atoms. The first kappa shape index (κ1) is 21.3. The summed E-state index contributed by atoms with van der Waals surface area (Å²) in [5.41, 5.74) is 2.63. The Bertz CT molecular complexity index is 1380. The van der Waals surface area contributed by atoms with Crippen LogP contribution in [0.25, 0.3) is 21.4 Å². The predicted molar refractivity (Wildman–Crippen MR) is 133 cm³/mol. The van der Waals surface area contributed by atoms with Gasteiger partial charge in [0.1, 0.15) is 22.2 Å². The molecule has 4 heterocycles. The van der Waals surface area contributed by atoms with Crippen LogP contribution in [-0.2, 0) is 20.1 Å². The Morgan fingerprint density at radius 2 is 1.91 bits per heavy atom. The Balaban J connectivity index is 1.37. The van der Waals surface area contributed by atoms with Crippen LogP contribution in [0.3, 0.4) is 0 Å². The molecule has 0 saturated heterocycles. The second-order valence-electron chi connectivity index (χ2n) is 8.13. The predicted octanol–water partition coefficient (Wildman–Crippen LogP) is 3.92. The van der Waals surface area contributed by atoms with Gasteiger partial charge in [-0.3, -0.25) is 0 Å². The molecule has 0 unspecified atom stereocenters. The average Bonchev–Trinajstić information content (AvgIpc) is 3.49. The summed E-state index contributed by atoms with van der Waals surface area (Å²) in [5, 5.41) is 4.52. The summed E-state index contributed by atoms with van der Waals surface area (Å²) in [7, 11) is 4.02. The molecule has 0 aliphatic heterocycles. The van der Waals surface area contributed by atoms with E-state index in [0.29, 0.717) is 18.1 Å². The largest absolute Gasteiger partial charge is 0.362 e. The van der Waals surface area contributed by atoms with E-state index in [9.17, 15) is 0 Å². The topological polar surface area (TPSA) is 89.6 Å². The van der Waals surface area contributed by atoms with Gasteiger partial charge >= 0.3 is 0 Å². The van der Waals surface area contributed by atoms with Gasteiger partial charge in [-0.25, -0.2) is 15.0 Å². The fourth-order valence-electron chi connectivity index (χ4n) is 3.88. The van der Waals surface area contributed by atoms with E-state index in [1.54, 1.807) is 11.3 Å². The van der Waals surface area contributed by atoms with E-state index >= 15 is 0 Å². The van der Waals surface area contributed by atoms with Crippen molar-refractivity contribution >= 4 is 44.5 Å². The number of benzene rings is 1. The zero-order valence-corrected chi connectivity index (χ0v) is 20.1. The van der Waals surface area contributed by atoms with Crippen molar-refractivity contribution in [3.63, 3.8) is 0 Å². The van der Waals surface area contributed by atoms with E-state index in [1.165, 1.54) is 4.70 Å². The van der Waals surface area contributed by atoms with Gasteiger partial charge in [0.05, 0.1) is 16.8 Å². The van der Waals surface area contributed by atoms with Crippen molar-refractivity contribution in [1.29, 1.82) is 0 Å².